The zero-order valence-electron chi connectivity index (χ0n) is 22.4. The molecule has 3 heterocycles. The molecule has 1 aliphatic rings. The molecule has 1 N–H and O–H groups in total. The van der Waals surface area contributed by atoms with E-state index in [0.29, 0.717) is 27.9 Å². The van der Waals surface area contributed by atoms with E-state index in [0.717, 1.165) is 5.69 Å². The lowest BCUT2D eigenvalue weighted by Crippen LogP contribution is -2.49. The fourth-order valence-electron chi connectivity index (χ4n) is 4.63. The number of carbonyl (C=O) groups excluding carboxylic acids is 1. The number of aromatic nitrogens is 3. The summed E-state index contributed by atoms with van der Waals surface area (Å²) in [5.41, 5.74) is 2.89. The van der Waals surface area contributed by atoms with Crippen LogP contribution in [-0.4, -0.2) is 49.4 Å². The average molecular weight is 545 g/mol. The monoisotopic (exact) mass is 544 g/mol. The van der Waals surface area contributed by atoms with Crippen molar-refractivity contribution in [1.29, 1.82) is 0 Å². The van der Waals surface area contributed by atoms with E-state index >= 15 is 0 Å². The van der Waals surface area contributed by atoms with Gasteiger partial charge in [-0.25, -0.2) is 9.11 Å². The quantitative estimate of drug-likeness (QED) is 0.433. The number of nitrogens with one attached hydrogen (secondary N) is 1. The molecule has 1 aromatic carbocycles. The maximum absolute atomic E-state index is 14.6. The summed E-state index contributed by atoms with van der Waals surface area (Å²) in [6.07, 6.45) is 1.35. The van der Waals surface area contributed by atoms with Crippen LogP contribution < -0.4 is 4.72 Å². The summed E-state index contributed by atoms with van der Waals surface area (Å²) in [7, 11) is -2.77. The molecule has 0 atom stereocenters. The van der Waals surface area contributed by atoms with Crippen LogP contribution in [0.2, 0.25) is 0 Å². The Morgan fingerprint density at radius 2 is 1.92 bits per heavy atom. The van der Waals surface area contributed by atoms with E-state index in [9.17, 15) is 17.6 Å². The van der Waals surface area contributed by atoms with Gasteiger partial charge >= 0.3 is 0 Å². The first-order chi connectivity index (χ1) is 17.9. The summed E-state index contributed by atoms with van der Waals surface area (Å²) in [6, 6.07) is 7.55. The molecular weight excluding hydrogens is 511 g/mol. The number of sulfonamides is 1. The summed E-state index contributed by atoms with van der Waals surface area (Å²) in [4.78, 5) is 17.4. The Hall–Kier alpha value is -3.15. The van der Waals surface area contributed by atoms with Crippen molar-refractivity contribution in [3.8, 4) is 11.1 Å². The predicted octanol–water partition coefficient (Wildman–Crippen LogP) is 4.02. The smallest absolute Gasteiger partial charge is 0.283 e. The zero-order chi connectivity index (χ0) is 27.8. The number of carbonyl (C=O) groups is 1. The van der Waals surface area contributed by atoms with Crippen LogP contribution in [0.4, 0.5) is 4.39 Å². The SMILES string of the molecule is COC1(c2cc(S(=O)(=O)NC(=O)Cc3c(-c4ccnc(C)c4)cc(F)cc3C(C)C)nn2C(C)C)COC1. The third kappa shape index (κ3) is 5.36. The minimum atomic E-state index is -4.30. The molecule has 1 fully saturated rings. The van der Waals surface area contributed by atoms with E-state index < -0.39 is 27.3 Å². The molecule has 204 valence electrons. The number of hydrogen-bond donors (Lipinski definition) is 1. The van der Waals surface area contributed by atoms with Gasteiger partial charge in [-0.3, -0.25) is 14.5 Å². The first kappa shape index (κ1) is 27.9. The van der Waals surface area contributed by atoms with Gasteiger partial charge in [-0.2, -0.15) is 13.5 Å². The van der Waals surface area contributed by atoms with Crippen LogP contribution in [0.3, 0.4) is 0 Å². The molecule has 9 nitrogen and oxygen atoms in total. The number of pyridine rings is 1. The maximum atomic E-state index is 14.6. The predicted molar refractivity (Wildman–Crippen MR) is 140 cm³/mol. The third-order valence-electron chi connectivity index (χ3n) is 6.67. The fraction of sp³-hybridized carbons (Fsp3) is 0.444. The molecular formula is C27H33FN4O5S. The number of aryl methyl sites for hydroxylation is 1. The molecule has 0 radical (unpaired) electrons. The maximum Gasteiger partial charge on any atom is 0.283 e. The second kappa shape index (κ2) is 10.5. The zero-order valence-corrected chi connectivity index (χ0v) is 23.2. The van der Waals surface area contributed by atoms with Crippen molar-refractivity contribution >= 4 is 15.9 Å². The lowest BCUT2D eigenvalue weighted by molar-refractivity contribution is -0.206. The largest absolute Gasteiger partial charge is 0.374 e. The Balaban J connectivity index is 1.68. The molecule has 38 heavy (non-hydrogen) atoms. The highest BCUT2D eigenvalue weighted by atomic mass is 32.2. The number of benzene rings is 1. The van der Waals surface area contributed by atoms with Crippen LogP contribution in [0.15, 0.2) is 41.6 Å². The first-order valence-corrected chi connectivity index (χ1v) is 13.9. The summed E-state index contributed by atoms with van der Waals surface area (Å²) in [5, 5.41) is 4.01. The van der Waals surface area contributed by atoms with E-state index in [-0.39, 0.29) is 36.6 Å². The van der Waals surface area contributed by atoms with Crippen LogP contribution in [0.25, 0.3) is 11.1 Å². The lowest BCUT2D eigenvalue weighted by Gasteiger charge is -2.40. The number of ether oxygens (including phenoxy) is 2. The number of rotatable bonds is 9. The standard InChI is InChI=1S/C27H33FN4O5S/c1-16(2)21-10-20(28)11-22(19-7-8-29-18(5)9-19)23(21)12-25(33)31-38(34,35)26-13-24(32(30-26)17(3)4)27(36-6)14-37-15-27/h7-11,13,16-17H,12,14-15H2,1-6H3,(H,31,33). The second-order valence-corrected chi connectivity index (χ2v) is 11.8. The van der Waals surface area contributed by atoms with Gasteiger partial charge in [0.1, 0.15) is 5.82 Å². The molecule has 0 aliphatic carbocycles. The number of methoxy groups -OCH3 is 1. The van der Waals surface area contributed by atoms with E-state index in [2.05, 4.69) is 14.8 Å². The third-order valence-corrected chi connectivity index (χ3v) is 7.92. The molecule has 0 spiro atoms. The molecule has 3 aromatic rings. The van der Waals surface area contributed by atoms with Gasteiger partial charge in [0, 0.05) is 31.1 Å². The molecule has 0 saturated carbocycles. The van der Waals surface area contributed by atoms with E-state index in [1.807, 2.05) is 34.6 Å². The van der Waals surface area contributed by atoms with Crippen LogP contribution in [0, 0.1) is 12.7 Å². The minimum absolute atomic E-state index is 0.106. The lowest BCUT2D eigenvalue weighted by atomic mass is 9.88. The fourth-order valence-corrected chi connectivity index (χ4v) is 5.57. The van der Waals surface area contributed by atoms with Crippen LogP contribution >= 0.6 is 0 Å². The Kier molecular flexibility index (Phi) is 7.74. The topological polar surface area (TPSA) is 112 Å². The molecule has 0 unspecified atom stereocenters. The Morgan fingerprint density at radius 1 is 1.21 bits per heavy atom. The van der Waals surface area contributed by atoms with Gasteiger partial charge in [-0.05, 0) is 73.2 Å². The van der Waals surface area contributed by atoms with Crippen molar-refractivity contribution in [3.05, 3.63) is 64.9 Å². The molecule has 1 aliphatic heterocycles. The van der Waals surface area contributed by atoms with E-state index in [4.69, 9.17) is 9.47 Å². The summed E-state index contributed by atoms with van der Waals surface area (Å²) in [5.74, 6) is -1.29. The van der Waals surface area contributed by atoms with E-state index in [1.54, 1.807) is 23.0 Å². The highest BCUT2D eigenvalue weighted by molar-refractivity contribution is 7.90. The molecule has 1 saturated heterocycles. The van der Waals surface area contributed by atoms with Gasteiger partial charge in [0.15, 0.2) is 10.6 Å². The van der Waals surface area contributed by atoms with Crippen LogP contribution in [0.1, 0.15) is 62.2 Å². The number of nitrogens with zero attached hydrogens (tertiary/aromatic N) is 3. The van der Waals surface area contributed by atoms with Gasteiger partial charge in [0.2, 0.25) is 5.91 Å². The average Bonchev–Trinajstić information content (AvgIpc) is 3.26. The van der Waals surface area contributed by atoms with Crippen molar-refractivity contribution in [2.75, 3.05) is 20.3 Å². The van der Waals surface area contributed by atoms with Gasteiger partial charge in [0.25, 0.3) is 10.0 Å². The number of hydrogen-bond acceptors (Lipinski definition) is 7. The van der Waals surface area contributed by atoms with Gasteiger partial charge in [-0.1, -0.05) is 13.8 Å². The van der Waals surface area contributed by atoms with Crippen molar-refractivity contribution in [1.82, 2.24) is 19.5 Å². The molecule has 11 heteroatoms. The van der Waals surface area contributed by atoms with Crippen molar-refractivity contribution in [2.24, 2.45) is 0 Å². The highest BCUT2D eigenvalue weighted by Gasteiger charge is 2.45. The highest BCUT2D eigenvalue weighted by Crippen LogP contribution is 2.36. The molecule has 2 aromatic heterocycles. The van der Waals surface area contributed by atoms with Crippen LogP contribution in [0.5, 0.6) is 0 Å². The minimum Gasteiger partial charge on any atom is -0.374 e. The summed E-state index contributed by atoms with van der Waals surface area (Å²) >= 11 is 0. The van der Waals surface area contributed by atoms with E-state index in [1.165, 1.54) is 25.3 Å². The van der Waals surface area contributed by atoms with Gasteiger partial charge in [-0.15, -0.1) is 0 Å². The van der Waals surface area contributed by atoms with Gasteiger partial charge < -0.3 is 9.47 Å². The molecule has 4 rings (SSSR count). The summed E-state index contributed by atoms with van der Waals surface area (Å²) in [6.45, 7) is 9.90. The van der Waals surface area contributed by atoms with Crippen LogP contribution in [-0.2, 0) is 36.3 Å². The first-order valence-electron chi connectivity index (χ1n) is 12.4. The van der Waals surface area contributed by atoms with Crippen molar-refractivity contribution in [3.63, 3.8) is 0 Å². The van der Waals surface area contributed by atoms with Gasteiger partial charge in [0.05, 0.1) is 25.3 Å². The molecule has 1 amide bonds. The van der Waals surface area contributed by atoms with Crippen molar-refractivity contribution < 1.29 is 27.1 Å². The number of amides is 1. The second-order valence-electron chi connectivity index (χ2n) is 10.2. The Labute approximate surface area is 222 Å². The summed E-state index contributed by atoms with van der Waals surface area (Å²) < 4.78 is 55.8. The molecule has 0 bridgehead atoms. The Bertz CT molecular complexity index is 1460. The van der Waals surface area contributed by atoms with Crippen molar-refractivity contribution in [2.45, 2.75) is 63.6 Å². The Morgan fingerprint density at radius 3 is 2.47 bits per heavy atom. The normalized spacial score (nSPS) is 15.1. The number of halogens is 1.